The summed E-state index contributed by atoms with van der Waals surface area (Å²) in [4.78, 5) is 25.4. The van der Waals surface area contributed by atoms with Gasteiger partial charge in [-0.25, -0.2) is 0 Å². The average Bonchev–Trinajstić information content (AvgIpc) is 2.81. The highest BCUT2D eigenvalue weighted by molar-refractivity contribution is 5.94. The highest BCUT2D eigenvalue weighted by Crippen LogP contribution is 2.17. The van der Waals surface area contributed by atoms with Crippen LogP contribution in [0, 0.1) is 5.92 Å². The van der Waals surface area contributed by atoms with Gasteiger partial charge in [-0.3, -0.25) is 9.59 Å². The molecule has 0 aliphatic carbocycles. The number of carbonyl (C=O) groups is 2. The molecule has 4 heteroatoms. The van der Waals surface area contributed by atoms with Crippen LogP contribution in [0.5, 0.6) is 0 Å². The molecule has 0 bridgehead atoms. The van der Waals surface area contributed by atoms with E-state index < -0.39 is 17.9 Å². The van der Waals surface area contributed by atoms with Crippen LogP contribution < -0.4 is 0 Å². The molecule has 4 nitrogen and oxygen atoms in total. The number of hydrogen-bond acceptors (Lipinski definition) is 4. The molecule has 0 atom stereocenters. The zero-order valence-corrected chi connectivity index (χ0v) is 16.9. The maximum Gasteiger partial charge on any atom is 0.320 e. The van der Waals surface area contributed by atoms with Crippen molar-refractivity contribution in [1.29, 1.82) is 0 Å². The summed E-state index contributed by atoms with van der Waals surface area (Å²) >= 11 is 0. The van der Waals surface area contributed by atoms with E-state index in [0.29, 0.717) is 12.8 Å². The van der Waals surface area contributed by atoms with Crippen LogP contribution in [0.3, 0.4) is 0 Å². The Balaban J connectivity index is 1.58. The van der Waals surface area contributed by atoms with Gasteiger partial charge >= 0.3 is 11.9 Å². The van der Waals surface area contributed by atoms with E-state index in [2.05, 4.69) is 0 Å². The van der Waals surface area contributed by atoms with Gasteiger partial charge in [-0.05, 0) is 36.0 Å². The summed E-state index contributed by atoms with van der Waals surface area (Å²) in [6, 6.07) is 28.9. The van der Waals surface area contributed by atoms with Gasteiger partial charge in [0.2, 0.25) is 0 Å². The Morgan fingerprint density at radius 3 is 1.43 bits per heavy atom. The predicted octanol–water partition coefficient (Wildman–Crippen LogP) is 5.11. The standard InChI is InChI=1S/C26H26O4/c27-25(29-19-22-13-6-2-7-14-22)24(18-10-17-21-11-4-1-5-12-21)26(28)30-20-23-15-8-3-9-16-23/h1-9,11-16,24H,10,17-20H2. The van der Waals surface area contributed by atoms with Crippen molar-refractivity contribution in [2.75, 3.05) is 0 Å². The second-order valence-corrected chi connectivity index (χ2v) is 7.12. The molecule has 0 N–H and O–H groups in total. The third kappa shape index (κ3) is 6.89. The highest BCUT2D eigenvalue weighted by Gasteiger charge is 2.29. The van der Waals surface area contributed by atoms with Crippen molar-refractivity contribution in [3.63, 3.8) is 0 Å². The molecule has 3 rings (SSSR count). The van der Waals surface area contributed by atoms with Crippen molar-refractivity contribution in [2.45, 2.75) is 32.5 Å². The monoisotopic (exact) mass is 402 g/mol. The molecule has 0 saturated carbocycles. The van der Waals surface area contributed by atoms with Crippen LogP contribution >= 0.6 is 0 Å². The Kier molecular flexibility index (Phi) is 8.22. The Hall–Kier alpha value is -3.40. The van der Waals surface area contributed by atoms with Crippen LogP contribution in [0.15, 0.2) is 91.0 Å². The maximum absolute atomic E-state index is 12.7. The quantitative estimate of drug-likeness (QED) is 0.349. The van der Waals surface area contributed by atoms with Gasteiger partial charge in [0.1, 0.15) is 13.2 Å². The maximum atomic E-state index is 12.7. The van der Waals surface area contributed by atoms with Gasteiger partial charge < -0.3 is 9.47 Å². The largest absolute Gasteiger partial charge is 0.460 e. The molecule has 0 saturated heterocycles. The van der Waals surface area contributed by atoms with Gasteiger partial charge in [-0.15, -0.1) is 0 Å². The Labute approximate surface area is 177 Å². The van der Waals surface area contributed by atoms with Crippen molar-refractivity contribution >= 4 is 11.9 Å². The molecular formula is C26H26O4. The minimum absolute atomic E-state index is 0.140. The molecule has 0 spiro atoms. The molecule has 0 aliphatic heterocycles. The third-order valence-corrected chi connectivity index (χ3v) is 4.82. The minimum atomic E-state index is -0.930. The number of rotatable bonds is 10. The van der Waals surface area contributed by atoms with Crippen molar-refractivity contribution in [3.8, 4) is 0 Å². The number of carbonyl (C=O) groups excluding carboxylic acids is 2. The van der Waals surface area contributed by atoms with Crippen molar-refractivity contribution < 1.29 is 19.1 Å². The SMILES string of the molecule is O=C(OCc1ccccc1)C(CCCc1ccccc1)C(=O)OCc1ccccc1. The topological polar surface area (TPSA) is 52.6 Å². The lowest BCUT2D eigenvalue weighted by Crippen LogP contribution is -2.28. The number of aryl methyl sites for hydroxylation is 1. The molecule has 0 amide bonds. The van der Waals surface area contributed by atoms with E-state index in [0.717, 1.165) is 17.5 Å². The van der Waals surface area contributed by atoms with E-state index in [4.69, 9.17) is 9.47 Å². The summed E-state index contributed by atoms with van der Waals surface area (Å²) in [5.41, 5.74) is 2.93. The molecule has 30 heavy (non-hydrogen) atoms. The first-order chi connectivity index (χ1) is 14.7. The van der Waals surface area contributed by atoms with Gasteiger partial charge in [0, 0.05) is 0 Å². The van der Waals surface area contributed by atoms with Crippen LogP contribution in [0.25, 0.3) is 0 Å². The van der Waals surface area contributed by atoms with Crippen LogP contribution in [0.2, 0.25) is 0 Å². The average molecular weight is 402 g/mol. The summed E-state index contributed by atoms with van der Waals surface area (Å²) < 4.78 is 10.9. The molecule has 3 aromatic carbocycles. The van der Waals surface area contributed by atoms with Gasteiger partial charge in [0.05, 0.1) is 0 Å². The third-order valence-electron chi connectivity index (χ3n) is 4.82. The first-order valence-electron chi connectivity index (χ1n) is 10.2. The Morgan fingerprint density at radius 1 is 0.600 bits per heavy atom. The number of benzene rings is 3. The number of ether oxygens (including phenoxy) is 2. The molecule has 154 valence electrons. The Bertz CT molecular complexity index is 852. The van der Waals surface area contributed by atoms with E-state index >= 15 is 0 Å². The molecule has 0 aliphatic rings. The van der Waals surface area contributed by atoms with Crippen LogP contribution in [-0.2, 0) is 38.7 Å². The zero-order valence-electron chi connectivity index (χ0n) is 16.9. The number of hydrogen-bond donors (Lipinski definition) is 0. The van der Waals surface area contributed by atoms with Crippen LogP contribution in [0.1, 0.15) is 29.5 Å². The first kappa shape index (κ1) is 21.3. The van der Waals surface area contributed by atoms with Crippen LogP contribution in [-0.4, -0.2) is 11.9 Å². The molecule has 0 unspecified atom stereocenters. The highest BCUT2D eigenvalue weighted by atomic mass is 16.6. The molecular weight excluding hydrogens is 376 g/mol. The van der Waals surface area contributed by atoms with Gasteiger partial charge in [-0.1, -0.05) is 91.0 Å². The summed E-state index contributed by atoms with van der Waals surface area (Å²) in [5.74, 6) is -2.00. The van der Waals surface area contributed by atoms with Gasteiger partial charge in [-0.2, -0.15) is 0 Å². The van der Waals surface area contributed by atoms with E-state index in [9.17, 15) is 9.59 Å². The molecule has 3 aromatic rings. The first-order valence-corrected chi connectivity index (χ1v) is 10.2. The molecule has 0 fully saturated rings. The fourth-order valence-corrected chi connectivity index (χ4v) is 3.15. The smallest absolute Gasteiger partial charge is 0.320 e. The molecule has 0 heterocycles. The number of esters is 2. The predicted molar refractivity (Wildman–Crippen MR) is 115 cm³/mol. The van der Waals surface area contributed by atoms with Gasteiger partial charge in [0.25, 0.3) is 0 Å². The fraction of sp³-hybridized carbons (Fsp3) is 0.231. The van der Waals surface area contributed by atoms with E-state index in [1.54, 1.807) is 0 Å². The second-order valence-electron chi connectivity index (χ2n) is 7.12. The summed E-state index contributed by atoms with van der Waals surface area (Å²) in [5, 5.41) is 0. The zero-order chi connectivity index (χ0) is 21.0. The van der Waals surface area contributed by atoms with E-state index in [1.807, 2.05) is 91.0 Å². The lowest BCUT2D eigenvalue weighted by molar-refractivity contribution is -0.164. The lowest BCUT2D eigenvalue weighted by atomic mass is 9.99. The second kappa shape index (κ2) is 11.6. The van der Waals surface area contributed by atoms with Crippen molar-refractivity contribution in [1.82, 2.24) is 0 Å². The van der Waals surface area contributed by atoms with Crippen LogP contribution in [0.4, 0.5) is 0 Å². The summed E-state index contributed by atoms with van der Waals surface area (Å²) in [6.45, 7) is 0.279. The summed E-state index contributed by atoms with van der Waals surface area (Å²) in [7, 11) is 0. The fourth-order valence-electron chi connectivity index (χ4n) is 3.15. The Morgan fingerprint density at radius 2 is 1.00 bits per heavy atom. The van der Waals surface area contributed by atoms with E-state index in [-0.39, 0.29) is 13.2 Å². The van der Waals surface area contributed by atoms with Gasteiger partial charge in [0.15, 0.2) is 5.92 Å². The minimum Gasteiger partial charge on any atom is -0.460 e. The molecule has 0 aromatic heterocycles. The summed E-state index contributed by atoms with van der Waals surface area (Å²) in [6.07, 6.45) is 1.86. The van der Waals surface area contributed by atoms with E-state index in [1.165, 1.54) is 5.56 Å². The van der Waals surface area contributed by atoms with Crippen molar-refractivity contribution in [2.24, 2.45) is 5.92 Å². The lowest BCUT2D eigenvalue weighted by Gasteiger charge is -2.16. The molecule has 0 radical (unpaired) electrons. The van der Waals surface area contributed by atoms with Crippen molar-refractivity contribution in [3.05, 3.63) is 108 Å². The normalized spacial score (nSPS) is 10.6.